The molecule has 0 saturated heterocycles. The molecule has 1 unspecified atom stereocenters. The average Bonchev–Trinajstić information content (AvgIpc) is 3.56. The van der Waals surface area contributed by atoms with Crippen LogP contribution in [-0.4, -0.2) is 37.3 Å². The number of carbonyl (C=O) groups excluding carboxylic acids is 1. The van der Waals surface area contributed by atoms with Crippen LogP contribution in [0.5, 0.6) is 0 Å². The minimum absolute atomic E-state index is 0.327. The predicted octanol–water partition coefficient (Wildman–Crippen LogP) is 4.46. The second-order valence-electron chi connectivity index (χ2n) is 9.32. The fourth-order valence-electron chi connectivity index (χ4n) is 5.28. The topological polar surface area (TPSA) is 86.2 Å². The van der Waals surface area contributed by atoms with Crippen LogP contribution >= 0.6 is 0 Å². The molecule has 0 fully saturated rings. The molecule has 180 valence electrons. The first-order chi connectivity index (χ1) is 17.0. The van der Waals surface area contributed by atoms with Gasteiger partial charge in [-0.3, -0.25) is 19.6 Å². The van der Waals surface area contributed by atoms with Gasteiger partial charge in [0.2, 0.25) is 0 Å². The van der Waals surface area contributed by atoms with E-state index in [4.69, 9.17) is 5.21 Å². The Morgan fingerprint density at radius 3 is 2.94 bits per heavy atom. The summed E-state index contributed by atoms with van der Waals surface area (Å²) in [7, 11) is 1.98. The molecule has 2 heterocycles. The standard InChI is InChI=1S/C28H31N5O2/c1-19-23(17-32(2)30-19)18-33(14-13-22-16-29-26-6-4-3-5-24(22)26)27-11-9-21-15-20(7-10-25(21)27)8-12-28(34)31-35/h3-8,10,12,15-17,27,29,35H,9,11,13-14,18H2,1-2H3,(H,31,34)/b12-8+. The summed E-state index contributed by atoms with van der Waals surface area (Å²) in [5.41, 5.74) is 10.1. The first-order valence-corrected chi connectivity index (χ1v) is 12.0. The van der Waals surface area contributed by atoms with Crippen LogP contribution in [0.4, 0.5) is 0 Å². The van der Waals surface area contributed by atoms with Crippen molar-refractivity contribution in [3.05, 3.63) is 94.4 Å². The highest BCUT2D eigenvalue weighted by atomic mass is 16.5. The van der Waals surface area contributed by atoms with Gasteiger partial charge in [-0.25, -0.2) is 5.48 Å². The van der Waals surface area contributed by atoms with Crippen molar-refractivity contribution >= 4 is 22.9 Å². The van der Waals surface area contributed by atoms with Crippen LogP contribution in [0, 0.1) is 6.92 Å². The predicted molar refractivity (Wildman–Crippen MR) is 137 cm³/mol. The Bertz CT molecular complexity index is 1380. The highest BCUT2D eigenvalue weighted by Crippen LogP contribution is 2.37. The number of hydroxylamine groups is 1. The van der Waals surface area contributed by atoms with Crippen molar-refractivity contribution in [2.24, 2.45) is 7.05 Å². The lowest BCUT2D eigenvalue weighted by Crippen LogP contribution is -2.29. The zero-order valence-corrected chi connectivity index (χ0v) is 20.2. The highest BCUT2D eigenvalue weighted by Gasteiger charge is 2.29. The third-order valence-corrected chi connectivity index (χ3v) is 7.02. The third-order valence-electron chi connectivity index (χ3n) is 7.02. The fourth-order valence-corrected chi connectivity index (χ4v) is 5.28. The molecule has 2 aromatic heterocycles. The maximum absolute atomic E-state index is 11.4. The lowest BCUT2D eigenvalue weighted by atomic mass is 10.0. The summed E-state index contributed by atoms with van der Waals surface area (Å²) in [5, 5.41) is 14.6. The Hall–Kier alpha value is -3.68. The van der Waals surface area contributed by atoms with E-state index in [0.717, 1.165) is 43.6 Å². The molecule has 1 aliphatic carbocycles. The van der Waals surface area contributed by atoms with Gasteiger partial charge in [0.25, 0.3) is 5.91 Å². The molecule has 2 aromatic carbocycles. The van der Waals surface area contributed by atoms with Crippen LogP contribution in [-0.2, 0) is 31.2 Å². The van der Waals surface area contributed by atoms with Crippen molar-refractivity contribution in [1.82, 2.24) is 25.1 Å². The lowest BCUT2D eigenvalue weighted by Gasteiger charge is -2.29. The number of hydrogen-bond donors (Lipinski definition) is 3. The Morgan fingerprint density at radius 2 is 2.14 bits per heavy atom. The van der Waals surface area contributed by atoms with Crippen molar-refractivity contribution in [1.29, 1.82) is 0 Å². The molecule has 0 spiro atoms. The van der Waals surface area contributed by atoms with E-state index in [9.17, 15) is 4.79 Å². The van der Waals surface area contributed by atoms with Crippen LogP contribution in [0.1, 0.15) is 46.0 Å². The number of nitrogens with zero attached hydrogens (tertiary/aromatic N) is 3. The van der Waals surface area contributed by atoms with Crippen molar-refractivity contribution in [2.45, 2.75) is 38.8 Å². The molecule has 7 nitrogen and oxygen atoms in total. The first kappa shape index (κ1) is 23.1. The van der Waals surface area contributed by atoms with Crippen LogP contribution in [0.3, 0.4) is 0 Å². The van der Waals surface area contributed by atoms with E-state index >= 15 is 0 Å². The van der Waals surface area contributed by atoms with Crippen molar-refractivity contribution < 1.29 is 10.0 Å². The number of carbonyl (C=O) groups is 1. The van der Waals surface area contributed by atoms with Gasteiger partial charge in [0.1, 0.15) is 0 Å². The zero-order valence-electron chi connectivity index (χ0n) is 20.2. The van der Waals surface area contributed by atoms with Gasteiger partial charge in [-0.1, -0.05) is 36.4 Å². The second kappa shape index (κ2) is 9.90. The average molecular weight is 470 g/mol. The molecule has 1 aliphatic rings. The summed E-state index contributed by atoms with van der Waals surface area (Å²) in [4.78, 5) is 17.3. The number of amides is 1. The number of aromatic nitrogens is 3. The van der Waals surface area contributed by atoms with Crippen LogP contribution in [0.15, 0.2) is 60.9 Å². The van der Waals surface area contributed by atoms with E-state index in [1.165, 1.54) is 39.2 Å². The molecule has 1 amide bonds. The van der Waals surface area contributed by atoms with E-state index in [2.05, 4.69) is 70.7 Å². The van der Waals surface area contributed by atoms with Crippen molar-refractivity contribution in [2.75, 3.05) is 6.54 Å². The largest absolute Gasteiger partial charge is 0.361 e. The monoisotopic (exact) mass is 469 g/mol. The van der Waals surface area contributed by atoms with Gasteiger partial charge in [0.05, 0.1) is 5.69 Å². The quantitative estimate of drug-likeness (QED) is 0.202. The van der Waals surface area contributed by atoms with Gasteiger partial charge in [-0.15, -0.1) is 0 Å². The molecule has 4 aromatic rings. The number of aromatic amines is 1. The normalized spacial score (nSPS) is 15.4. The van der Waals surface area contributed by atoms with Crippen LogP contribution in [0.25, 0.3) is 17.0 Å². The molecule has 0 saturated carbocycles. The van der Waals surface area contributed by atoms with E-state index in [0.29, 0.717) is 6.04 Å². The Labute approximate surface area is 205 Å². The minimum Gasteiger partial charge on any atom is -0.361 e. The SMILES string of the molecule is Cc1nn(C)cc1CN(CCc1c[nH]c2ccccc12)C1CCc2cc(/C=C/C(=O)NO)ccc21. The first-order valence-electron chi connectivity index (χ1n) is 12.0. The Morgan fingerprint density at radius 1 is 1.29 bits per heavy atom. The summed E-state index contributed by atoms with van der Waals surface area (Å²) in [6.07, 6.45) is 10.4. The van der Waals surface area contributed by atoms with E-state index in [-0.39, 0.29) is 0 Å². The number of aryl methyl sites for hydroxylation is 3. The van der Waals surface area contributed by atoms with Gasteiger partial charge in [-0.2, -0.15) is 5.10 Å². The number of hydrogen-bond acceptors (Lipinski definition) is 4. The van der Waals surface area contributed by atoms with E-state index < -0.39 is 5.91 Å². The Kier molecular flexibility index (Phi) is 6.53. The van der Waals surface area contributed by atoms with E-state index in [1.807, 2.05) is 17.8 Å². The van der Waals surface area contributed by atoms with Crippen molar-refractivity contribution in [3.8, 4) is 0 Å². The molecular weight excluding hydrogens is 438 g/mol. The lowest BCUT2D eigenvalue weighted by molar-refractivity contribution is -0.124. The number of fused-ring (bicyclic) bond motifs is 2. The van der Waals surface area contributed by atoms with E-state index in [1.54, 1.807) is 11.6 Å². The number of para-hydroxylation sites is 1. The summed E-state index contributed by atoms with van der Waals surface area (Å²) < 4.78 is 1.90. The minimum atomic E-state index is -0.529. The van der Waals surface area contributed by atoms with Gasteiger partial charge >= 0.3 is 0 Å². The smallest absolute Gasteiger partial charge is 0.267 e. The second-order valence-corrected chi connectivity index (χ2v) is 9.32. The highest BCUT2D eigenvalue weighted by molar-refractivity contribution is 5.90. The summed E-state index contributed by atoms with van der Waals surface area (Å²) in [6.45, 7) is 3.87. The maximum atomic E-state index is 11.4. The Balaban J connectivity index is 1.40. The summed E-state index contributed by atoms with van der Waals surface area (Å²) >= 11 is 0. The summed E-state index contributed by atoms with van der Waals surface area (Å²) in [5.74, 6) is -0.529. The molecule has 0 aliphatic heterocycles. The molecule has 5 rings (SSSR count). The number of H-pyrrole nitrogens is 1. The molecule has 7 heteroatoms. The van der Waals surface area contributed by atoms with Gasteiger partial charge in [0.15, 0.2) is 0 Å². The fraction of sp³-hybridized carbons (Fsp3) is 0.286. The van der Waals surface area contributed by atoms with Crippen LogP contribution in [0.2, 0.25) is 0 Å². The third kappa shape index (κ3) is 4.92. The van der Waals surface area contributed by atoms with Crippen LogP contribution < -0.4 is 5.48 Å². The van der Waals surface area contributed by atoms with Gasteiger partial charge in [0, 0.05) is 61.1 Å². The molecule has 1 atom stereocenters. The summed E-state index contributed by atoms with van der Waals surface area (Å²) in [6, 6.07) is 15.2. The van der Waals surface area contributed by atoms with Crippen molar-refractivity contribution in [3.63, 3.8) is 0 Å². The maximum Gasteiger partial charge on any atom is 0.267 e. The molecule has 0 bridgehead atoms. The number of rotatable bonds is 8. The number of benzene rings is 2. The van der Waals surface area contributed by atoms with Gasteiger partial charge < -0.3 is 4.98 Å². The number of nitrogens with one attached hydrogen (secondary N) is 2. The zero-order chi connectivity index (χ0) is 24.4. The molecular formula is C28H31N5O2. The molecule has 35 heavy (non-hydrogen) atoms. The van der Waals surface area contributed by atoms with Gasteiger partial charge in [-0.05, 0) is 60.6 Å². The molecule has 3 N–H and O–H groups in total. The molecule has 0 radical (unpaired) electrons.